The third-order valence-corrected chi connectivity index (χ3v) is 6.17. The van der Waals surface area contributed by atoms with Gasteiger partial charge in [-0.15, -0.1) is 0 Å². The molecule has 5 rings (SSSR count). The molecule has 0 spiro atoms. The highest BCUT2D eigenvalue weighted by atomic mass is 19.3. The summed E-state index contributed by atoms with van der Waals surface area (Å²) < 4.78 is 34.6. The molecule has 2 aliphatic heterocycles. The fraction of sp³-hybridized carbons (Fsp3) is 0.650. The number of nitrogens with one attached hydrogen (secondary N) is 1. The van der Waals surface area contributed by atoms with Crippen molar-refractivity contribution in [2.45, 2.75) is 70.1 Å². The fourth-order valence-electron chi connectivity index (χ4n) is 4.65. The van der Waals surface area contributed by atoms with Gasteiger partial charge in [0.2, 0.25) is 11.9 Å². The first-order valence-electron chi connectivity index (χ1n) is 10.3. The highest BCUT2D eigenvalue weighted by Gasteiger charge is 2.40. The van der Waals surface area contributed by atoms with E-state index in [9.17, 15) is 8.78 Å². The van der Waals surface area contributed by atoms with Crippen molar-refractivity contribution in [3.63, 3.8) is 0 Å². The smallest absolute Gasteiger partial charge is 0.248 e. The maximum atomic E-state index is 13.5. The molecule has 2 bridgehead atoms. The molecule has 2 aromatic heterocycles. The number of anilines is 2. The number of rotatable bonds is 4. The molecular formula is C20H26F2N6O. The third-order valence-electron chi connectivity index (χ3n) is 6.17. The van der Waals surface area contributed by atoms with Gasteiger partial charge in [-0.1, -0.05) is 0 Å². The summed E-state index contributed by atoms with van der Waals surface area (Å²) in [5.74, 6) is -0.552. The Hall–Kier alpha value is -2.29. The van der Waals surface area contributed by atoms with E-state index in [4.69, 9.17) is 9.72 Å². The quantitative estimate of drug-likeness (QED) is 0.844. The summed E-state index contributed by atoms with van der Waals surface area (Å²) in [7, 11) is 0. The van der Waals surface area contributed by atoms with Gasteiger partial charge < -0.3 is 15.0 Å². The molecule has 0 unspecified atom stereocenters. The number of hydrogen-bond donors (Lipinski definition) is 1. The minimum absolute atomic E-state index is 0.0449. The molecule has 3 fully saturated rings. The number of halogens is 2. The molecule has 7 nitrogen and oxygen atoms in total. The van der Waals surface area contributed by atoms with Crippen molar-refractivity contribution in [2.75, 3.05) is 23.4 Å². The van der Waals surface area contributed by atoms with Crippen LogP contribution in [0, 0.1) is 13.8 Å². The normalized spacial score (nSPS) is 26.3. The Kier molecular flexibility index (Phi) is 4.45. The first kappa shape index (κ1) is 18.7. The van der Waals surface area contributed by atoms with E-state index in [2.05, 4.69) is 20.3 Å². The van der Waals surface area contributed by atoms with Crippen LogP contribution in [-0.4, -0.2) is 57.0 Å². The Labute approximate surface area is 168 Å². The molecule has 0 amide bonds. The van der Waals surface area contributed by atoms with Gasteiger partial charge in [-0.25, -0.2) is 13.5 Å². The van der Waals surface area contributed by atoms with Crippen LogP contribution in [0.25, 0.3) is 5.82 Å². The summed E-state index contributed by atoms with van der Waals surface area (Å²) in [5.41, 5.74) is 1.90. The SMILES string of the molecule is Cc1cc(C)n(-c2cc(N3C[C@H]4C[C@@H]3CO4)nc(NC3CCC(F)(F)CC3)n2)n1. The number of ether oxygens (including phenoxy) is 1. The number of morpholine rings is 1. The maximum absolute atomic E-state index is 13.5. The summed E-state index contributed by atoms with van der Waals surface area (Å²) in [6.07, 6.45) is 1.91. The molecule has 0 radical (unpaired) electrons. The number of aromatic nitrogens is 4. The van der Waals surface area contributed by atoms with Gasteiger partial charge in [0.25, 0.3) is 0 Å². The van der Waals surface area contributed by atoms with Gasteiger partial charge in [0, 0.05) is 37.2 Å². The molecule has 1 saturated carbocycles. The predicted molar refractivity (Wildman–Crippen MR) is 105 cm³/mol. The molecule has 3 aliphatic rings. The van der Waals surface area contributed by atoms with Gasteiger partial charge >= 0.3 is 0 Å². The minimum atomic E-state index is -2.55. The Balaban J connectivity index is 1.46. The topological polar surface area (TPSA) is 68.1 Å². The fourth-order valence-corrected chi connectivity index (χ4v) is 4.65. The number of hydrogen-bond acceptors (Lipinski definition) is 6. The standard InChI is InChI=1S/C20H26F2N6O/c1-12-7-13(2)28(26-12)18-9-17(27-10-16-8-15(27)11-29-16)24-19(25-18)23-14-3-5-20(21,22)6-4-14/h7,9,14-16H,3-6,8,10-11H2,1-2H3,(H,23,24,25)/t15-,16-/m1/s1. The Morgan fingerprint density at radius 3 is 2.52 bits per heavy atom. The molecular weight excluding hydrogens is 378 g/mol. The van der Waals surface area contributed by atoms with Crippen molar-refractivity contribution in [1.29, 1.82) is 0 Å². The lowest BCUT2D eigenvalue weighted by atomic mass is 9.92. The number of nitrogens with zero attached hydrogens (tertiary/aromatic N) is 5. The zero-order valence-corrected chi connectivity index (χ0v) is 16.7. The van der Waals surface area contributed by atoms with E-state index in [1.807, 2.05) is 30.7 Å². The summed E-state index contributed by atoms with van der Waals surface area (Å²) in [6, 6.07) is 4.24. The van der Waals surface area contributed by atoms with Crippen LogP contribution in [0.4, 0.5) is 20.5 Å². The van der Waals surface area contributed by atoms with E-state index in [-0.39, 0.29) is 25.0 Å². The second-order valence-corrected chi connectivity index (χ2v) is 8.52. The summed E-state index contributed by atoms with van der Waals surface area (Å²) in [4.78, 5) is 11.7. The van der Waals surface area contributed by atoms with Crippen LogP contribution in [0.1, 0.15) is 43.5 Å². The van der Waals surface area contributed by atoms with Crippen molar-refractivity contribution >= 4 is 11.8 Å². The van der Waals surface area contributed by atoms with Crippen LogP contribution in [0.15, 0.2) is 12.1 Å². The molecule has 2 saturated heterocycles. The van der Waals surface area contributed by atoms with Crippen LogP contribution in [-0.2, 0) is 4.74 Å². The zero-order chi connectivity index (χ0) is 20.2. The van der Waals surface area contributed by atoms with Crippen LogP contribution in [0.2, 0.25) is 0 Å². The largest absolute Gasteiger partial charge is 0.374 e. The summed E-state index contributed by atoms with van der Waals surface area (Å²) in [6.45, 7) is 5.46. The van der Waals surface area contributed by atoms with E-state index < -0.39 is 5.92 Å². The lowest BCUT2D eigenvalue weighted by Gasteiger charge is -2.30. The van der Waals surface area contributed by atoms with Gasteiger partial charge in [0.15, 0.2) is 5.82 Å². The summed E-state index contributed by atoms with van der Waals surface area (Å²) in [5, 5.41) is 7.87. The Bertz CT molecular complexity index is 906. The van der Waals surface area contributed by atoms with Gasteiger partial charge in [0.1, 0.15) is 5.82 Å². The molecule has 1 aliphatic carbocycles. The molecule has 4 heterocycles. The lowest BCUT2D eigenvalue weighted by molar-refractivity contribution is -0.0361. The Morgan fingerprint density at radius 1 is 1.14 bits per heavy atom. The first-order chi connectivity index (χ1) is 13.9. The second kappa shape index (κ2) is 6.90. The zero-order valence-electron chi connectivity index (χ0n) is 16.7. The second-order valence-electron chi connectivity index (χ2n) is 8.52. The molecule has 29 heavy (non-hydrogen) atoms. The van der Waals surface area contributed by atoms with Crippen molar-refractivity contribution in [3.05, 3.63) is 23.5 Å². The maximum Gasteiger partial charge on any atom is 0.248 e. The predicted octanol–water partition coefficient (Wildman–Crippen LogP) is 3.25. The first-order valence-corrected chi connectivity index (χ1v) is 10.3. The highest BCUT2D eigenvalue weighted by Crippen LogP contribution is 2.35. The van der Waals surface area contributed by atoms with E-state index >= 15 is 0 Å². The number of aryl methyl sites for hydroxylation is 2. The van der Waals surface area contributed by atoms with Crippen molar-refractivity contribution in [2.24, 2.45) is 0 Å². The van der Waals surface area contributed by atoms with E-state index in [1.165, 1.54) is 0 Å². The Morgan fingerprint density at radius 2 is 1.90 bits per heavy atom. The van der Waals surface area contributed by atoms with E-state index in [0.29, 0.717) is 37.3 Å². The van der Waals surface area contributed by atoms with Crippen LogP contribution in [0.3, 0.4) is 0 Å². The average molecular weight is 404 g/mol. The van der Waals surface area contributed by atoms with Gasteiger partial charge in [-0.3, -0.25) is 0 Å². The molecule has 2 atom stereocenters. The van der Waals surface area contributed by atoms with E-state index in [1.54, 1.807) is 0 Å². The van der Waals surface area contributed by atoms with Crippen molar-refractivity contribution < 1.29 is 13.5 Å². The molecule has 2 aromatic rings. The van der Waals surface area contributed by atoms with Crippen molar-refractivity contribution in [3.8, 4) is 5.82 Å². The van der Waals surface area contributed by atoms with Crippen molar-refractivity contribution in [1.82, 2.24) is 19.7 Å². The monoisotopic (exact) mass is 404 g/mol. The van der Waals surface area contributed by atoms with Gasteiger partial charge in [-0.2, -0.15) is 15.1 Å². The average Bonchev–Trinajstić information content (AvgIpc) is 3.39. The molecule has 0 aromatic carbocycles. The van der Waals surface area contributed by atoms with Crippen LogP contribution >= 0.6 is 0 Å². The molecule has 9 heteroatoms. The summed E-state index contributed by atoms with van der Waals surface area (Å²) >= 11 is 0. The highest BCUT2D eigenvalue weighted by molar-refractivity contribution is 5.52. The third kappa shape index (κ3) is 3.68. The van der Waals surface area contributed by atoms with Crippen LogP contribution < -0.4 is 10.2 Å². The van der Waals surface area contributed by atoms with Gasteiger partial charge in [0.05, 0.1) is 24.4 Å². The van der Waals surface area contributed by atoms with E-state index in [0.717, 1.165) is 30.2 Å². The number of alkyl halides is 2. The lowest BCUT2D eigenvalue weighted by Crippen LogP contribution is -2.38. The van der Waals surface area contributed by atoms with Crippen LogP contribution in [0.5, 0.6) is 0 Å². The molecule has 1 N–H and O–H groups in total. The number of fused-ring (bicyclic) bond motifs is 2. The molecule has 156 valence electrons. The van der Waals surface area contributed by atoms with Gasteiger partial charge in [-0.05, 0) is 39.2 Å². The minimum Gasteiger partial charge on any atom is -0.374 e.